The number of hydrogen-bond donors (Lipinski definition) is 0. The van der Waals surface area contributed by atoms with Gasteiger partial charge in [0, 0.05) is 6.92 Å². The van der Waals surface area contributed by atoms with Gasteiger partial charge in [0.2, 0.25) is 6.33 Å². The van der Waals surface area contributed by atoms with Gasteiger partial charge in [0.05, 0.1) is 0 Å². The van der Waals surface area contributed by atoms with Crippen LogP contribution in [0.5, 0.6) is 0 Å². The van der Waals surface area contributed by atoms with Crippen molar-refractivity contribution in [1.82, 2.24) is 4.57 Å². The summed E-state index contributed by atoms with van der Waals surface area (Å²) < 4.78 is 5.08. The summed E-state index contributed by atoms with van der Waals surface area (Å²) in [5, 5.41) is 0. The van der Waals surface area contributed by atoms with Crippen LogP contribution < -0.4 is 4.57 Å². The molecular formula is C16H27N2+. The van der Waals surface area contributed by atoms with Gasteiger partial charge in [-0.1, -0.05) is 12.8 Å². The third-order valence-electron chi connectivity index (χ3n) is 4.97. The second-order valence-corrected chi connectivity index (χ2v) is 6.32. The average molecular weight is 247 g/mol. The van der Waals surface area contributed by atoms with Gasteiger partial charge in [0.25, 0.3) is 0 Å². The maximum Gasteiger partial charge on any atom is 0.244 e. The summed E-state index contributed by atoms with van der Waals surface area (Å²) in [6.45, 7) is 2.29. The third-order valence-corrected chi connectivity index (χ3v) is 4.97. The van der Waals surface area contributed by atoms with Crippen molar-refractivity contribution in [1.29, 1.82) is 0 Å². The molecule has 0 unspecified atom stereocenters. The van der Waals surface area contributed by atoms with Crippen LogP contribution in [0.25, 0.3) is 0 Å². The molecule has 0 saturated heterocycles. The SMILES string of the molecule is Cc1c[n+](C2CCCCC2)cn1C1CCCCC1. The van der Waals surface area contributed by atoms with Gasteiger partial charge in [-0.25, -0.2) is 9.13 Å². The molecular weight excluding hydrogens is 220 g/mol. The summed E-state index contributed by atoms with van der Waals surface area (Å²) in [6, 6.07) is 1.56. The molecule has 1 heterocycles. The third kappa shape index (κ3) is 2.48. The molecule has 0 radical (unpaired) electrons. The van der Waals surface area contributed by atoms with Crippen LogP contribution in [0.4, 0.5) is 0 Å². The van der Waals surface area contributed by atoms with Crippen molar-refractivity contribution in [2.75, 3.05) is 0 Å². The normalized spacial score (nSPS) is 23.4. The first-order chi connectivity index (χ1) is 8.84. The molecule has 0 N–H and O–H groups in total. The van der Waals surface area contributed by atoms with Gasteiger partial charge in [-0.15, -0.1) is 0 Å². The topological polar surface area (TPSA) is 8.81 Å². The Kier molecular flexibility index (Phi) is 3.72. The minimum absolute atomic E-state index is 0.780. The van der Waals surface area contributed by atoms with E-state index in [1.807, 2.05) is 0 Å². The molecule has 2 nitrogen and oxygen atoms in total. The molecule has 2 saturated carbocycles. The lowest BCUT2D eigenvalue weighted by Crippen LogP contribution is -2.38. The molecule has 0 aromatic carbocycles. The van der Waals surface area contributed by atoms with Crippen LogP contribution >= 0.6 is 0 Å². The fourth-order valence-electron chi connectivity index (χ4n) is 3.87. The standard InChI is InChI=1S/C16H27N2/c1-14-12-17(15-8-4-2-5-9-15)13-18(14)16-10-6-3-7-11-16/h12-13,15-16H,2-11H2,1H3/q+1. The van der Waals surface area contributed by atoms with Crippen molar-refractivity contribution < 1.29 is 4.57 Å². The monoisotopic (exact) mass is 247 g/mol. The molecule has 2 heteroatoms. The Labute approximate surface area is 111 Å². The van der Waals surface area contributed by atoms with Crippen LogP contribution in [0, 0.1) is 6.92 Å². The maximum absolute atomic E-state index is 2.56. The van der Waals surface area contributed by atoms with Crippen molar-refractivity contribution in [2.45, 2.75) is 83.2 Å². The van der Waals surface area contributed by atoms with Crippen LogP contribution in [-0.2, 0) is 0 Å². The van der Waals surface area contributed by atoms with E-state index in [1.54, 1.807) is 0 Å². The highest BCUT2D eigenvalue weighted by Gasteiger charge is 2.26. The molecule has 1 aromatic heterocycles. The maximum atomic E-state index is 2.56. The number of rotatable bonds is 2. The first kappa shape index (κ1) is 12.3. The van der Waals surface area contributed by atoms with Crippen LogP contribution in [-0.4, -0.2) is 4.57 Å². The lowest BCUT2D eigenvalue weighted by molar-refractivity contribution is -0.725. The molecule has 0 bridgehead atoms. The van der Waals surface area contributed by atoms with E-state index in [-0.39, 0.29) is 0 Å². The van der Waals surface area contributed by atoms with Crippen LogP contribution in [0.1, 0.15) is 82.0 Å². The summed E-state index contributed by atoms with van der Waals surface area (Å²) in [4.78, 5) is 0. The van der Waals surface area contributed by atoms with Gasteiger partial charge in [-0.05, 0) is 51.4 Å². The van der Waals surface area contributed by atoms with Gasteiger partial charge in [0.1, 0.15) is 24.0 Å². The van der Waals surface area contributed by atoms with E-state index in [0.717, 1.165) is 12.1 Å². The second kappa shape index (κ2) is 5.46. The lowest BCUT2D eigenvalue weighted by Gasteiger charge is -2.20. The fourth-order valence-corrected chi connectivity index (χ4v) is 3.87. The van der Waals surface area contributed by atoms with E-state index in [4.69, 9.17) is 0 Å². The summed E-state index contributed by atoms with van der Waals surface area (Å²) in [5.74, 6) is 0. The average Bonchev–Trinajstić information content (AvgIpc) is 2.83. The number of nitrogens with zero attached hydrogens (tertiary/aromatic N) is 2. The minimum Gasteiger partial charge on any atom is -0.234 e. The number of aryl methyl sites for hydroxylation is 1. The first-order valence-electron chi connectivity index (χ1n) is 7.94. The van der Waals surface area contributed by atoms with Gasteiger partial charge in [-0.3, -0.25) is 0 Å². The molecule has 0 amide bonds. The molecule has 2 fully saturated rings. The number of hydrogen-bond acceptors (Lipinski definition) is 0. The molecule has 0 aliphatic heterocycles. The Morgan fingerprint density at radius 3 is 2.22 bits per heavy atom. The van der Waals surface area contributed by atoms with E-state index >= 15 is 0 Å². The molecule has 0 atom stereocenters. The van der Waals surface area contributed by atoms with E-state index in [1.165, 1.54) is 69.9 Å². The molecule has 2 aliphatic carbocycles. The summed E-state index contributed by atoms with van der Waals surface area (Å²) in [7, 11) is 0. The zero-order chi connectivity index (χ0) is 12.4. The van der Waals surface area contributed by atoms with Gasteiger partial charge in [-0.2, -0.15) is 0 Å². The van der Waals surface area contributed by atoms with Crippen LogP contribution in [0.3, 0.4) is 0 Å². The van der Waals surface area contributed by atoms with Crippen molar-refractivity contribution in [3.8, 4) is 0 Å². The van der Waals surface area contributed by atoms with Crippen LogP contribution in [0.2, 0.25) is 0 Å². The van der Waals surface area contributed by atoms with E-state index in [2.05, 4.69) is 28.6 Å². The van der Waals surface area contributed by atoms with Gasteiger partial charge < -0.3 is 0 Å². The molecule has 18 heavy (non-hydrogen) atoms. The predicted molar refractivity (Wildman–Crippen MR) is 73.6 cm³/mol. The first-order valence-corrected chi connectivity index (χ1v) is 7.94. The highest BCUT2D eigenvalue weighted by Crippen LogP contribution is 2.29. The fraction of sp³-hybridized carbons (Fsp3) is 0.812. The van der Waals surface area contributed by atoms with Crippen LogP contribution in [0.15, 0.2) is 12.5 Å². The Hall–Kier alpha value is -0.790. The van der Waals surface area contributed by atoms with Crippen molar-refractivity contribution in [3.63, 3.8) is 0 Å². The smallest absolute Gasteiger partial charge is 0.234 e. The lowest BCUT2D eigenvalue weighted by atomic mass is 9.95. The highest BCUT2D eigenvalue weighted by atomic mass is 15.2. The van der Waals surface area contributed by atoms with Crippen molar-refractivity contribution >= 4 is 0 Å². The Bertz CT molecular complexity index is 382. The second-order valence-electron chi connectivity index (χ2n) is 6.32. The van der Waals surface area contributed by atoms with E-state index in [0.29, 0.717) is 0 Å². The Morgan fingerprint density at radius 2 is 1.56 bits per heavy atom. The van der Waals surface area contributed by atoms with Crippen molar-refractivity contribution in [2.24, 2.45) is 0 Å². The summed E-state index contributed by atoms with van der Waals surface area (Å²) in [5.41, 5.74) is 1.47. The van der Waals surface area contributed by atoms with Crippen molar-refractivity contribution in [3.05, 3.63) is 18.2 Å². The molecule has 1 aromatic rings. The van der Waals surface area contributed by atoms with E-state index < -0.39 is 0 Å². The Morgan fingerprint density at radius 1 is 0.944 bits per heavy atom. The quantitative estimate of drug-likeness (QED) is 0.696. The summed E-state index contributed by atoms with van der Waals surface area (Å²) >= 11 is 0. The van der Waals surface area contributed by atoms with Gasteiger partial charge in [0.15, 0.2) is 0 Å². The number of imidazole rings is 1. The van der Waals surface area contributed by atoms with Gasteiger partial charge >= 0.3 is 0 Å². The zero-order valence-corrected chi connectivity index (χ0v) is 11.8. The molecule has 100 valence electrons. The molecule has 3 rings (SSSR count). The Balaban J connectivity index is 1.76. The molecule has 2 aliphatic rings. The molecule has 0 spiro atoms. The zero-order valence-electron chi connectivity index (χ0n) is 11.8. The predicted octanol–water partition coefficient (Wildman–Crippen LogP) is 4.09. The largest absolute Gasteiger partial charge is 0.244 e. The highest BCUT2D eigenvalue weighted by molar-refractivity contribution is 4.93. The minimum atomic E-state index is 0.780. The summed E-state index contributed by atoms with van der Waals surface area (Å²) in [6.07, 6.45) is 18.9. The van der Waals surface area contributed by atoms with E-state index in [9.17, 15) is 0 Å². The number of aromatic nitrogens is 2.